The quantitative estimate of drug-likeness (QED) is 0.724. The number of aliphatic hydroxyl groups excluding tert-OH is 1. The van der Waals surface area contributed by atoms with Crippen molar-refractivity contribution in [2.75, 3.05) is 32.7 Å². The average molecular weight is 285 g/mol. The van der Waals surface area contributed by atoms with E-state index in [1.807, 2.05) is 0 Å². The van der Waals surface area contributed by atoms with E-state index in [4.69, 9.17) is 5.11 Å². The van der Waals surface area contributed by atoms with Crippen LogP contribution in [0.15, 0.2) is 0 Å². The van der Waals surface area contributed by atoms with Crippen LogP contribution in [0.25, 0.3) is 0 Å². The zero-order valence-corrected chi connectivity index (χ0v) is 12.0. The van der Waals surface area contributed by atoms with Crippen molar-refractivity contribution in [3.63, 3.8) is 0 Å². The molecule has 2 rings (SSSR count). The summed E-state index contributed by atoms with van der Waals surface area (Å²) >= 11 is 0. The predicted molar refractivity (Wildman–Crippen MR) is 72.4 cm³/mol. The Kier molecular flexibility index (Phi) is 4.49. The molecule has 0 saturated carbocycles. The SMILES string of the molecule is CC(C)N1CCN(C(=O)N2CC(O)CC2C(=O)O)CC1. The summed E-state index contributed by atoms with van der Waals surface area (Å²) < 4.78 is 0. The van der Waals surface area contributed by atoms with Crippen LogP contribution in [0.2, 0.25) is 0 Å². The number of urea groups is 1. The van der Waals surface area contributed by atoms with Gasteiger partial charge in [0, 0.05) is 45.2 Å². The number of piperazine rings is 1. The van der Waals surface area contributed by atoms with Crippen LogP contribution in [-0.2, 0) is 4.79 Å². The van der Waals surface area contributed by atoms with Crippen molar-refractivity contribution in [3.8, 4) is 0 Å². The second-order valence-corrected chi connectivity index (χ2v) is 5.80. The minimum atomic E-state index is -1.05. The van der Waals surface area contributed by atoms with E-state index in [0.717, 1.165) is 13.1 Å². The van der Waals surface area contributed by atoms with E-state index in [1.165, 1.54) is 4.90 Å². The first kappa shape index (κ1) is 15.1. The summed E-state index contributed by atoms with van der Waals surface area (Å²) in [5.41, 5.74) is 0. The number of aliphatic hydroxyl groups is 1. The molecule has 2 aliphatic heterocycles. The molecular weight excluding hydrogens is 262 g/mol. The van der Waals surface area contributed by atoms with Gasteiger partial charge >= 0.3 is 12.0 Å². The Hall–Kier alpha value is -1.34. The van der Waals surface area contributed by atoms with Gasteiger partial charge in [-0.2, -0.15) is 0 Å². The van der Waals surface area contributed by atoms with Crippen molar-refractivity contribution in [2.24, 2.45) is 0 Å². The van der Waals surface area contributed by atoms with E-state index in [-0.39, 0.29) is 19.0 Å². The number of amides is 2. The minimum absolute atomic E-state index is 0.111. The number of carboxylic acid groups (broad SMARTS) is 1. The standard InChI is InChI=1S/C13H23N3O4/c1-9(2)14-3-5-15(6-4-14)13(20)16-8-10(17)7-11(16)12(18)19/h9-11,17H,3-8H2,1-2H3,(H,18,19). The molecule has 2 unspecified atom stereocenters. The topological polar surface area (TPSA) is 84.3 Å². The predicted octanol–water partition coefficient (Wildman–Crippen LogP) is -0.348. The smallest absolute Gasteiger partial charge is 0.326 e. The van der Waals surface area contributed by atoms with Gasteiger partial charge in [0.2, 0.25) is 0 Å². The van der Waals surface area contributed by atoms with Crippen LogP contribution in [-0.4, -0.2) is 87.8 Å². The fraction of sp³-hybridized carbons (Fsp3) is 0.846. The van der Waals surface area contributed by atoms with Crippen molar-refractivity contribution >= 4 is 12.0 Å². The molecule has 7 nitrogen and oxygen atoms in total. The van der Waals surface area contributed by atoms with E-state index in [0.29, 0.717) is 19.1 Å². The van der Waals surface area contributed by atoms with Gasteiger partial charge in [-0.05, 0) is 13.8 Å². The number of hydrogen-bond donors (Lipinski definition) is 2. The van der Waals surface area contributed by atoms with Crippen molar-refractivity contribution in [1.29, 1.82) is 0 Å². The summed E-state index contributed by atoms with van der Waals surface area (Å²) in [6.45, 7) is 7.17. The molecule has 0 aromatic heterocycles. The summed E-state index contributed by atoms with van der Waals surface area (Å²) in [5.74, 6) is -1.05. The normalized spacial score (nSPS) is 28.2. The number of carbonyl (C=O) groups is 2. The lowest BCUT2D eigenvalue weighted by Crippen LogP contribution is -2.55. The lowest BCUT2D eigenvalue weighted by atomic mass is 10.2. The van der Waals surface area contributed by atoms with Gasteiger partial charge in [-0.15, -0.1) is 0 Å². The van der Waals surface area contributed by atoms with E-state index in [1.54, 1.807) is 4.90 Å². The van der Waals surface area contributed by atoms with Gasteiger partial charge in [-0.25, -0.2) is 9.59 Å². The third-order valence-corrected chi connectivity index (χ3v) is 4.12. The number of carbonyl (C=O) groups excluding carboxylic acids is 1. The Bertz CT molecular complexity index is 380. The molecule has 0 aromatic rings. The van der Waals surface area contributed by atoms with Gasteiger partial charge in [0.15, 0.2) is 0 Å². The Balaban J connectivity index is 1.96. The van der Waals surface area contributed by atoms with Gasteiger partial charge in [0.1, 0.15) is 6.04 Å². The first-order valence-corrected chi connectivity index (χ1v) is 7.10. The molecule has 2 heterocycles. The van der Waals surface area contributed by atoms with Gasteiger partial charge < -0.3 is 20.0 Å². The monoisotopic (exact) mass is 285 g/mol. The van der Waals surface area contributed by atoms with Crippen LogP contribution < -0.4 is 0 Å². The Labute approximate surface area is 118 Å². The van der Waals surface area contributed by atoms with Crippen LogP contribution in [0.4, 0.5) is 4.79 Å². The number of hydrogen-bond acceptors (Lipinski definition) is 4. The molecule has 2 aliphatic rings. The molecule has 114 valence electrons. The van der Waals surface area contributed by atoms with Gasteiger partial charge in [-0.3, -0.25) is 4.90 Å². The molecule has 0 aromatic carbocycles. The van der Waals surface area contributed by atoms with Crippen LogP contribution >= 0.6 is 0 Å². The molecule has 2 amide bonds. The fourth-order valence-corrected chi connectivity index (χ4v) is 2.87. The first-order valence-electron chi connectivity index (χ1n) is 7.10. The fourth-order valence-electron chi connectivity index (χ4n) is 2.87. The highest BCUT2D eigenvalue weighted by molar-refractivity contribution is 5.83. The largest absolute Gasteiger partial charge is 0.480 e. The number of nitrogens with zero attached hydrogens (tertiary/aromatic N) is 3. The molecule has 0 aliphatic carbocycles. The summed E-state index contributed by atoms with van der Waals surface area (Å²) in [6.07, 6.45) is -0.621. The highest BCUT2D eigenvalue weighted by atomic mass is 16.4. The van der Waals surface area contributed by atoms with E-state index < -0.39 is 18.1 Å². The Morgan fingerprint density at radius 3 is 2.25 bits per heavy atom. The van der Waals surface area contributed by atoms with E-state index in [2.05, 4.69) is 18.7 Å². The third-order valence-electron chi connectivity index (χ3n) is 4.12. The molecular formula is C13H23N3O4. The average Bonchev–Trinajstić information content (AvgIpc) is 2.80. The number of carboxylic acids is 1. The van der Waals surface area contributed by atoms with Crippen molar-refractivity contribution < 1.29 is 19.8 Å². The van der Waals surface area contributed by atoms with Crippen LogP contribution in [0.1, 0.15) is 20.3 Å². The summed E-state index contributed by atoms with van der Waals surface area (Å²) in [6, 6.07) is -0.717. The summed E-state index contributed by atoms with van der Waals surface area (Å²) in [5, 5.41) is 18.7. The lowest BCUT2D eigenvalue weighted by molar-refractivity contribution is -0.141. The third kappa shape index (κ3) is 3.04. The molecule has 0 spiro atoms. The highest BCUT2D eigenvalue weighted by Crippen LogP contribution is 2.20. The van der Waals surface area contributed by atoms with Crippen molar-refractivity contribution in [3.05, 3.63) is 0 Å². The maximum absolute atomic E-state index is 12.4. The zero-order valence-electron chi connectivity index (χ0n) is 12.0. The second kappa shape index (κ2) is 5.97. The van der Waals surface area contributed by atoms with E-state index in [9.17, 15) is 14.7 Å². The Morgan fingerprint density at radius 2 is 1.75 bits per heavy atom. The highest BCUT2D eigenvalue weighted by Gasteiger charge is 2.41. The molecule has 7 heteroatoms. The minimum Gasteiger partial charge on any atom is -0.480 e. The van der Waals surface area contributed by atoms with Crippen LogP contribution in [0.3, 0.4) is 0 Å². The lowest BCUT2D eigenvalue weighted by Gasteiger charge is -2.39. The zero-order chi connectivity index (χ0) is 14.9. The number of aliphatic carboxylic acids is 1. The maximum atomic E-state index is 12.4. The van der Waals surface area contributed by atoms with Crippen molar-refractivity contribution in [2.45, 2.75) is 38.5 Å². The molecule has 2 N–H and O–H groups in total. The summed E-state index contributed by atoms with van der Waals surface area (Å²) in [4.78, 5) is 28.8. The molecule has 2 fully saturated rings. The molecule has 2 atom stereocenters. The van der Waals surface area contributed by atoms with E-state index >= 15 is 0 Å². The number of likely N-dealkylation sites (tertiary alicyclic amines) is 1. The molecule has 0 bridgehead atoms. The van der Waals surface area contributed by atoms with Crippen molar-refractivity contribution in [1.82, 2.24) is 14.7 Å². The summed E-state index contributed by atoms with van der Waals surface area (Å²) in [7, 11) is 0. The number of β-amino-alcohol motifs (C(OH)–C–C–N with tert-alkyl or cyclic N) is 1. The van der Waals surface area contributed by atoms with Gasteiger partial charge in [-0.1, -0.05) is 0 Å². The van der Waals surface area contributed by atoms with Gasteiger partial charge in [0.25, 0.3) is 0 Å². The molecule has 0 radical (unpaired) electrons. The first-order chi connectivity index (χ1) is 9.40. The van der Waals surface area contributed by atoms with Crippen LogP contribution in [0.5, 0.6) is 0 Å². The number of rotatable bonds is 2. The molecule has 2 saturated heterocycles. The van der Waals surface area contributed by atoms with Crippen LogP contribution in [0, 0.1) is 0 Å². The molecule has 20 heavy (non-hydrogen) atoms. The second-order valence-electron chi connectivity index (χ2n) is 5.80. The Morgan fingerprint density at radius 1 is 1.15 bits per heavy atom. The maximum Gasteiger partial charge on any atom is 0.326 e. The van der Waals surface area contributed by atoms with Gasteiger partial charge in [0.05, 0.1) is 6.10 Å².